The number of pyridine rings is 1. The molecule has 0 radical (unpaired) electrons. The maximum absolute atomic E-state index is 14.1. The average molecular weight is 521 g/mol. The predicted molar refractivity (Wildman–Crippen MR) is 138 cm³/mol. The van der Waals surface area contributed by atoms with Crippen LogP contribution >= 0.6 is 11.6 Å². The molecule has 2 saturated carbocycles. The molecule has 7 nitrogen and oxygen atoms in total. The van der Waals surface area contributed by atoms with E-state index in [1.54, 1.807) is 30.5 Å². The maximum atomic E-state index is 14.1. The van der Waals surface area contributed by atoms with Crippen LogP contribution in [0.5, 0.6) is 0 Å². The zero-order valence-corrected chi connectivity index (χ0v) is 20.9. The van der Waals surface area contributed by atoms with Crippen molar-refractivity contribution in [3.63, 3.8) is 0 Å². The lowest BCUT2D eigenvalue weighted by atomic mass is 9.86. The van der Waals surface area contributed by atoms with E-state index in [4.69, 9.17) is 16.9 Å². The number of rotatable bonds is 6. The summed E-state index contributed by atoms with van der Waals surface area (Å²) < 4.78 is 16.0. The SMILES string of the molecule is N#Cc1ccc(C(=O)NCC2CCC(NC(=O)c3cn(C4CC4)c4cc(Cl)c(F)cc4c3=O)CC2)cc1. The minimum absolute atomic E-state index is 0.0120. The second kappa shape index (κ2) is 10.3. The number of amides is 2. The normalized spacial score (nSPS) is 19.3. The third kappa shape index (κ3) is 5.37. The number of nitrogens with one attached hydrogen (secondary N) is 2. The van der Waals surface area contributed by atoms with Crippen molar-refractivity contribution < 1.29 is 14.0 Å². The molecule has 0 unspecified atom stereocenters. The van der Waals surface area contributed by atoms with Gasteiger partial charge in [-0.25, -0.2) is 4.39 Å². The highest BCUT2D eigenvalue weighted by atomic mass is 35.5. The molecular formula is C28H26ClFN4O3. The molecule has 5 rings (SSSR count). The van der Waals surface area contributed by atoms with E-state index in [1.165, 1.54) is 6.07 Å². The lowest BCUT2D eigenvalue weighted by molar-refractivity contribution is 0.0918. The van der Waals surface area contributed by atoms with Gasteiger partial charge in [-0.2, -0.15) is 5.26 Å². The van der Waals surface area contributed by atoms with E-state index in [1.807, 2.05) is 10.6 Å². The lowest BCUT2D eigenvalue weighted by Gasteiger charge is -2.29. The summed E-state index contributed by atoms with van der Waals surface area (Å²) in [5, 5.41) is 14.9. The predicted octanol–water partition coefficient (Wildman–Crippen LogP) is 4.72. The lowest BCUT2D eigenvalue weighted by Crippen LogP contribution is -2.41. The molecule has 2 aliphatic carbocycles. The Morgan fingerprint density at radius 2 is 1.76 bits per heavy atom. The number of fused-ring (bicyclic) bond motifs is 1. The van der Waals surface area contributed by atoms with Crippen LogP contribution in [0.1, 0.15) is 70.8 Å². The van der Waals surface area contributed by atoms with E-state index < -0.39 is 17.2 Å². The zero-order chi connectivity index (χ0) is 26.1. The molecule has 2 aromatic carbocycles. The van der Waals surface area contributed by atoms with Crippen LogP contribution in [0.15, 0.2) is 47.4 Å². The van der Waals surface area contributed by atoms with Crippen molar-refractivity contribution in [2.75, 3.05) is 6.54 Å². The Hall–Kier alpha value is -3.70. The van der Waals surface area contributed by atoms with Crippen molar-refractivity contribution in [3.05, 3.63) is 80.3 Å². The van der Waals surface area contributed by atoms with Crippen molar-refractivity contribution in [2.45, 2.75) is 50.6 Å². The standard InChI is InChI=1S/C28H26ClFN4O3/c29-23-12-25-21(11-24(23)30)26(35)22(15-34(25)20-9-10-20)28(37)33-19-7-3-17(4-8-19)14-32-27(36)18-5-1-16(13-31)2-6-18/h1-2,5-6,11-12,15,17,19-20H,3-4,7-10,14H2,(H,32,36)(H,33,37). The first-order valence-electron chi connectivity index (χ1n) is 12.5. The van der Waals surface area contributed by atoms with Crippen molar-refractivity contribution in [3.8, 4) is 6.07 Å². The van der Waals surface area contributed by atoms with Gasteiger partial charge in [0.05, 0.1) is 22.2 Å². The van der Waals surface area contributed by atoms with Gasteiger partial charge >= 0.3 is 0 Å². The Morgan fingerprint density at radius 1 is 1.05 bits per heavy atom. The third-order valence-corrected chi connectivity index (χ3v) is 7.56. The van der Waals surface area contributed by atoms with Crippen LogP contribution in [-0.4, -0.2) is 29.0 Å². The molecule has 0 bridgehead atoms. The number of nitriles is 1. The summed E-state index contributed by atoms with van der Waals surface area (Å²) in [7, 11) is 0. The molecule has 9 heteroatoms. The molecule has 1 aromatic heterocycles. The zero-order valence-electron chi connectivity index (χ0n) is 20.1. The Bertz CT molecular complexity index is 1470. The average Bonchev–Trinajstić information content (AvgIpc) is 3.75. The number of benzene rings is 2. The Morgan fingerprint density at radius 3 is 2.41 bits per heavy atom. The smallest absolute Gasteiger partial charge is 0.256 e. The topological polar surface area (TPSA) is 104 Å². The fourth-order valence-corrected chi connectivity index (χ4v) is 5.13. The summed E-state index contributed by atoms with van der Waals surface area (Å²) >= 11 is 5.96. The number of aromatic nitrogens is 1. The van der Waals surface area contributed by atoms with E-state index in [0.29, 0.717) is 23.2 Å². The van der Waals surface area contributed by atoms with Crippen LogP contribution in [-0.2, 0) is 0 Å². The number of hydrogen-bond donors (Lipinski definition) is 2. The monoisotopic (exact) mass is 520 g/mol. The summed E-state index contributed by atoms with van der Waals surface area (Å²) in [6.45, 7) is 0.532. The van der Waals surface area contributed by atoms with Gasteiger partial charge in [-0.15, -0.1) is 0 Å². The number of hydrogen-bond acceptors (Lipinski definition) is 4. The first kappa shape index (κ1) is 25.0. The van der Waals surface area contributed by atoms with Crippen molar-refractivity contribution >= 4 is 34.3 Å². The Balaban J connectivity index is 1.20. The summed E-state index contributed by atoms with van der Waals surface area (Å²) in [4.78, 5) is 38.6. The molecule has 0 aliphatic heterocycles. The Labute approximate surface area is 218 Å². The fraction of sp³-hybridized carbons (Fsp3) is 0.357. The van der Waals surface area contributed by atoms with Gasteiger partial charge in [0.2, 0.25) is 5.43 Å². The molecule has 0 spiro atoms. The van der Waals surface area contributed by atoms with Crippen molar-refractivity contribution in [1.82, 2.24) is 15.2 Å². The summed E-state index contributed by atoms with van der Waals surface area (Å²) in [5.41, 5.74) is 1.06. The Kier molecular flexibility index (Phi) is 6.98. The van der Waals surface area contributed by atoms with E-state index >= 15 is 0 Å². The highest BCUT2D eigenvalue weighted by molar-refractivity contribution is 6.31. The van der Waals surface area contributed by atoms with Crippen molar-refractivity contribution in [1.29, 1.82) is 5.26 Å². The number of nitrogens with zero attached hydrogens (tertiary/aromatic N) is 2. The van der Waals surface area contributed by atoms with E-state index in [2.05, 4.69) is 10.6 Å². The molecule has 37 heavy (non-hydrogen) atoms. The molecule has 0 atom stereocenters. The highest BCUT2D eigenvalue weighted by Crippen LogP contribution is 2.37. The van der Waals surface area contributed by atoms with Gasteiger partial charge in [0.15, 0.2) is 0 Å². The van der Waals surface area contributed by atoms with Gasteiger partial charge in [0, 0.05) is 35.8 Å². The number of halogens is 2. The van der Waals surface area contributed by atoms with Gasteiger partial charge in [0.1, 0.15) is 11.4 Å². The van der Waals surface area contributed by atoms with Crippen molar-refractivity contribution in [2.24, 2.45) is 5.92 Å². The second-order valence-corrected chi connectivity index (χ2v) is 10.3. The van der Waals surface area contributed by atoms with Crippen LogP contribution in [0.25, 0.3) is 10.9 Å². The second-order valence-electron chi connectivity index (χ2n) is 9.88. The van der Waals surface area contributed by atoms with E-state index in [-0.39, 0.29) is 39.9 Å². The summed E-state index contributed by atoms with van der Waals surface area (Å²) in [6.07, 6.45) is 6.56. The number of carbonyl (C=O) groups excluding carboxylic acids is 2. The van der Waals surface area contributed by atoms with E-state index in [9.17, 15) is 18.8 Å². The highest BCUT2D eigenvalue weighted by Gasteiger charge is 2.29. The van der Waals surface area contributed by atoms with Crippen LogP contribution in [0.4, 0.5) is 4.39 Å². The first-order valence-corrected chi connectivity index (χ1v) is 12.8. The third-order valence-electron chi connectivity index (χ3n) is 7.27. The van der Waals surface area contributed by atoms with Crippen LogP contribution in [0.3, 0.4) is 0 Å². The molecular weight excluding hydrogens is 495 g/mol. The molecule has 2 aliphatic rings. The van der Waals surface area contributed by atoms with Gasteiger partial charge in [0.25, 0.3) is 11.8 Å². The quantitative estimate of drug-likeness (QED) is 0.490. The molecule has 2 fully saturated rings. The maximum Gasteiger partial charge on any atom is 0.256 e. The van der Waals surface area contributed by atoms with Gasteiger partial charge in [-0.3, -0.25) is 14.4 Å². The summed E-state index contributed by atoms with van der Waals surface area (Å²) in [5.74, 6) is -1.03. The number of carbonyl (C=O) groups is 2. The molecule has 0 saturated heterocycles. The summed E-state index contributed by atoms with van der Waals surface area (Å²) in [6, 6.07) is 11.2. The fourth-order valence-electron chi connectivity index (χ4n) is 4.97. The van der Waals surface area contributed by atoms with Gasteiger partial charge in [-0.1, -0.05) is 11.6 Å². The first-order chi connectivity index (χ1) is 17.8. The van der Waals surface area contributed by atoms with Crippen LogP contribution < -0.4 is 16.1 Å². The van der Waals surface area contributed by atoms with Crippen LogP contribution in [0.2, 0.25) is 5.02 Å². The minimum atomic E-state index is -0.684. The van der Waals surface area contributed by atoms with E-state index in [0.717, 1.165) is 44.6 Å². The van der Waals surface area contributed by atoms with Gasteiger partial charge in [-0.05, 0) is 80.8 Å². The molecule has 2 amide bonds. The molecule has 190 valence electrons. The van der Waals surface area contributed by atoms with Gasteiger partial charge < -0.3 is 15.2 Å². The molecule has 2 N–H and O–H groups in total. The molecule has 1 heterocycles. The minimum Gasteiger partial charge on any atom is -0.352 e. The van der Waals surface area contributed by atoms with Crippen LogP contribution in [0, 0.1) is 23.1 Å². The largest absolute Gasteiger partial charge is 0.352 e. The molecule has 3 aromatic rings.